The molecule has 2 aliphatic rings. The van der Waals surface area contributed by atoms with Crippen LogP contribution in [-0.4, -0.2) is 53.1 Å². The Bertz CT molecular complexity index is 395. The molecule has 2 rings (SSSR count). The first-order valence-corrected chi connectivity index (χ1v) is 8.26. The summed E-state index contributed by atoms with van der Waals surface area (Å²) in [4.78, 5) is 28.1. The minimum Gasteiger partial charge on any atom is -0.481 e. The number of nitrogens with zero attached hydrogens (tertiary/aromatic N) is 2. The molecule has 0 aromatic carbocycles. The van der Waals surface area contributed by atoms with E-state index in [1.54, 1.807) is 4.90 Å². The second kappa shape index (κ2) is 6.67. The van der Waals surface area contributed by atoms with E-state index in [-0.39, 0.29) is 6.03 Å². The van der Waals surface area contributed by atoms with Crippen LogP contribution in [0, 0.1) is 11.3 Å². The molecular formula is C16H28N2O3. The number of amides is 2. The molecule has 0 aromatic heterocycles. The fourth-order valence-corrected chi connectivity index (χ4v) is 3.82. The van der Waals surface area contributed by atoms with Crippen LogP contribution in [0.1, 0.15) is 52.4 Å². The Morgan fingerprint density at radius 3 is 2.57 bits per heavy atom. The van der Waals surface area contributed by atoms with Gasteiger partial charge in [-0.2, -0.15) is 0 Å². The molecule has 0 aliphatic carbocycles. The Kier molecular flexibility index (Phi) is 5.12. The van der Waals surface area contributed by atoms with Crippen LogP contribution >= 0.6 is 0 Å². The zero-order chi connectivity index (χ0) is 15.5. The topological polar surface area (TPSA) is 60.9 Å². The van der Waals surface area contributed by atoms with E-state index in [1.807, 2.05) is 11.8 Å². The maximum Gasteiger partial charge on any atom is 0.320 e. The summed E-state index contributed by atoms with van der Waals surface area (Å²) in [6, 6.07) is 0.0444. The number of carboxylic acids is 1. The van der Waals surface area contributed by atoms with Gasteiger partial charge in [-0.05, 0) is 38.0 Å². The Labute approximate surface area is 127 Å². The van der Waals surface area contributed by atoms with Gasteiger partial charge in [0.1, 0.15) is 0 Å². The molecule has 120 valence electrons. The highest BCUT2D eigenvalue weighted by atomic mass is 16.4. The third-order valence-corrected chi connectivity index (χ3v) is 4.96. The molecule has 5 heteroatoms. The zero-order valence-corrected chi connectivity index (χ0v) is 13.3. The molecule has 21 heavy (non-hydrogen) atoms. The van der Waals surface area contributed by atoms with Gasteiger partial charge in [-0.3, -0.25) is 4.79 Å². The summed E-state index contributed by atoms with van der Waals surface area (Å²) in [5.41, 5.74) is -0.732. The van der Waals surface area contributed by atoms with Crippen LogP contribution in [-0.2, 0) is 4.79 Å². The van der Waals surface area contributed by atoms with E-state index < -0.39 is 11.4 Å². The summed E-state index contributed by atoms with van der Waals surface area (Å²) >= 11 is 0. The molecule has 0 spiro atoms. The lowest BCUT2D eigenvalue weighted by Crippen LogP contribution is -2.54. The third kappa shape index (κ3) is 3.50. The Morgan fingerprint density at radius 1 is 1.24 bits per heavy atom. The monoisotopic (exact) mass is 296 g/mol. The van der Waals surface area contributed by atoms with Crippen molar-refractivity contribution in [2.75, 3.05) is 26.2 Å². The fourth-order valence-electron chi connectivity index (χ4n) is 3.82. The van der Waals surface area contributed by atoms with E-state index in [2.05, 4.69) is 6.92 Å². The second-order valence-electron chi connectivity index (χ2n) is 6.84. The van der Waals surface area contributed by atoms with Gasteiger partial charge < -0.3 is 14.9 Å². The van der Waals surface area contributed by atoms with Gasteiger partial charge in [0.15, 0.2) is 0 Å². The SMILES string of the molecule is CCCC1(C(=O)O)CCCN(C(=O)N2CCCC(C)C2)C1. The predicted molar refractivity (Wildman–Crippen MR) is 81.2 cm³/mol. The van der Waals surface area contributed by atoms with Crippen LogP contribution in [0.5, 0.6) is 0 Å². The van der Waals surface area contributed by atoms with Gasteiger partial charge in [0, 0.05) is 26.2 Å². The number of carbonyl (C=O) groups is 2. The summed E-state index contributed by atoms with van der Waals surface area (Å²) in [5.74, 6) is -0.193. The van der Waals surface area contributed by atoms with Crippen molar-refractivity contribution >= 4 is 12.0 Å². The second-order valence-corrected chi connectivity index (χ2v) is 6.84. The molecule has 2 fully saturated rings. The molecule has 0 aromatic rings. The molecule has 0 saturated carbocycles. The van der Waals surface area contributed by atoms with Gasteiger partial charge >= 0.3 is 12.0 Å². The molecule has 2 saturated heterocycles. The van der Waals surface area contributed by atoms with E-state index >= 15 is 0 Å². The third-order valence-electron chi connectivity index (χ3n) is 4.96. The first-order valence-electron chi connectivity index (χ1n) is 8.26. The van der Waals surface area contributed by atoms with E-state index in [1.165, 1.54) is 6.42 Å². The maximum atomic E-state index is 12.7. The van der Waals surface area contributed by atoms with Gasteiger partial charge in [0.25, 0.3) is 0 Å². The zero-order valence-electron chi connectivity index (χ0n) is 13.3. The molecule has 5 nitrogen and oxygen atoms in total. The van der Waals surface area contributed by atoms with Gasteiger partial charge in [0.05, 0.1) is 5.41 Å². The highest BCUT2D eigenvalue weighted by molar-refractivity contribution is 5.79. The largest absolute Gasteiger partial charge is 0.481 e. The quantitative estimate of drug-likeness (QED) is 0.871. The summed E-state index contributed by atoms with van der Waals surface area (Å²) in [7, 11) is 0. The van der Waals surface area contributed by atoms with Crippen molar-refractivity contribution < 1.29 is 14.7 Å². The number of likely N-dealkylation sites (tertiary alicyclic amines) is 2. The lowest BCUT2D eigenvalue weighted by atomic mass is 9.76. The number of hydrogen-bond donors (Lipinski definition) is 1. The van der Waals surface area contributed by atoms with Crippen LogP contribution in [0.4, 0.5) is 4.79 Å². The van der Waals surface area contributed by atoms with Gasteiger partial charge in [-0.1, -0.05) is 20.3 Å². The number of urea groups is 1. The molecular weight excluding hydrogens is 268 g/mol. The van der Waals surface area contributed by atoms with Crippen LogP contribution < -0.4 is 0 Å². The van der Waals surface area contributed by atoms with Crippen LogP contribution in [0.15, 0.2) is 0 Å². The van der Waals surface area contributed by atoms with Gasteiger partial charge in [-0.15, -0.1) is 0 Å². The molecule has 0 bridgehead atoms. The number of aliphatic carboxylic acids is 1. The van der Waals surface area contributed by atoms with Crippen LogP contribution in [0.2, 0.25) is 0 Å². The van der Waals surface area contributed by atoms with E-state index in [9.17, 15) is 14.7 Å². The normalized spacial score (nSPS) is 30.3. The number of piperidine rings is 2. The average molecular weight is 296 g/mol. The van der Waals surface area contributed by atoms with Crippen molar-refractivity contribution in [1.29, 1.82) is 0 Å². The summed E-state index contributed by atoms with van der Waals surface area (Å²) in [6.45, 7) is 6.88. The van der Waals surface area contributed by atoms with E-state index in [0.29, 0.717) is 31.8 Å². The number of rotatable bonds is 3. The fraction of sp³-hybridized carbons (Fsp3) is 0.875. The van der Waals surface area contributed by atoms with Crippen molar-refractivity contribution in [3.05, 3.63) is 0 Å². The number of carbonyl (C=O) groups excluding carboxylic acids is 1. The molecule has 0 radical (unpaired) electrons. The van der Waals surface area contributed by atoms with Gasteiger partial charge in [-0.25, -0.2) is 4.79 Å². The summed E-state index contributed by atoms with van der Waals surface area (Å²) in [5, 5.41) is 9.62. The molecule has 2 aliphatic heterocycles. The molecule has 2 atom stereocenters. The smallest absolute Gasteiger partial charge is 0.320 e. The minimum atomic E-state index is -0.742. The lowest BCUT2D eigenvalue weighted by Gasteiger charge is -2.43. The van der Waals surface area contributed by atoms with Crippen molar-refractivity contribution in [3.63, 3.8) is 0 Å². The standard InChI is InChI=1S/C16H28N2O3/c1-3-7-16(14(19)20)8-5-10-18(12-16)15(21)17-9-4-6-13(2)11-17/h13H,3-12H2,1-2H3,(H,19,20). The van der Waals surface area contributed by atoms with E-state index in [0.717, 1.165) is 32.4 Å². The molecule has 2 heterocycles. The van der Waals surface area contributed by atoms with E-state index in [4.69, 9.17) is 0 Å². The van der Waals surface area contributed by atoms with Crippen LogP contribution in [0.25, 0.3) is 0 Å². The van der Waals surface area contributed by atoms with Crippen molar-refractivity contribution in [1.82, 2.24) is 9.80 Å². The van der Waals surface area contributed by atoms with Gasteiger partial charge in [0.2, 0.25) is 0 Å². The first-order chi connectivity index (χ1) is 9.98. The molecule has 2 unspecified atom stereocenters. The van der Waals surface area contributed by atoms with Crippen LogP contribution in [0.3, 0.4) is 0 Å². The Morgan fingerprint density at radius 2 is 1.95 bits per heavy atom. The predicted octanol–water partition coefficient (Wildman–Crippen LogP) is 2.81. The van der Waals surface area contributed by atoms with Crippen molar-refractivity contribution in [2.24, 2.45) is 11.3 Å². The molecule has 2 amide bonds. The Hall–Kier alpha value is -1.26. The maximum absolute atomic E-state index is 12.7. The lowest BCUT2D eigenvalue weighted by molar-refractivity contribution is -0.152. The summed E-state index contributed by atoms with van der Waals surface area (Å²) < 4.78 is 0. The number of carboxylic acid groups (broad SMARTS) is 1. The molecule has 1 N–H and O–H groups in total. The van der Waals surface area contributed by atoms with Crippen molar-refractivity contribution in [2.45, 2.75) is 52.4 Å². The first kappa shape index (κ1) is 16.1. The average Bonchev–Trinajstić information content (AvgIpc) is 2.47. The minimum absolute atomic E-state index is 0.0444. The van der Waals surface area contributed by atoms with Crippen molar-refractivity contribution in [3.8, 4) is 0 Å². The Balaban J connectivity index is 2.05. The highest BCUT2D eigenvalue weighted by Gasteiger charge is 2.43. The number of hydrogen-bond acceptors (Lipinski definition) is 2. The highest BCUT2D eigenvalue weighted by Crippen LogP contribution is 2.35. The summed E-state index contributed by atoms with van der Waals surface area (Å²) in [6.07, 6.45) is 5.22.